The smallest absolute Gasteiger partial charge is 0.151 e. The lowest BCUT2D eigenvalue weighted by Gasteiger charge is -2.31. The van der Waals surface area contributed by atoms with Crippen LogP contribution in [-0.2, 0) is 0 Å². The molecule has 1 fully saturated rings. The molecule has 0 radical (unpaired) electrons. The van der Waals surface area contributed by atoms with Crippen molar-refractivity contribution < 1.29 is 0 Å². The minimum Gasteiger partial charge on any atom is -0.355 e. The van der Waals surface area contributed by atoms with Gasteiger partial charge in [-0.25, -0.2) is 0 Å². The molecule has 1 aliphatic heterocycles. The van der Waals surface area contributed by atoms with Crippen LogP contribution < -0.4 is 4.90 Å². The van der Waals surface area contributed by atoms with Crippen LogP contribution in [0.2, 0.25) is 0 Å². The zero-order chi connectivity index (χ0) is 19.6. The van der Waals surface area contributed by atoms with Crippen LogP contribution in [0.5, 0.6) is 0 Å². The summed E-state index contributed by atoms with van der Waals surface area (Å²) in [6, 6.07) is 21.2. The minimum atomic E-state index is 0.788. The predicted octanol–water partition coefficient (Wildman–Crippen LogP) is 5.60. The summed E-state index contributed by atoms with van der Waals surface area (Å²) in [5, 5.41) is 11.8. The van der Waals surface area contributed by atoms with Crippen molar-refractivity contribution in [2.75, 3.05) is 18.0 Å². The van der Waals surface area contributed by atoms with Gasteiger partial charge in [0.25, 0.3) is 0 Å². The standard InChI is InChI=1S/C25H24N4/c1-18-10-14-29(15-11-18)24-17-23(20-8-12-26-13-9-20)25(28-27-24)22-7-6-19-4-2-3-5-21(19)16-22/h2-9,12-13,16-18H,10-11,14-15H2,1H3. The van der Waals surface area contributed by atoms with Gasteiger partial charge in [-0.15, -0.1) is 10.2 Å². The molecule has 4 aromatic rings. The van der Waals surface area contributed by atoms with Crippen LogP contribution in [-0.4, -0.2) is 28.3 Å². The average molecular weight is 380 g/mol. The van der Waals surface area contributed by atoms with Crippen LogP contribution in [0.3, 0.4) is 0 Å². The first-order valence-electron chi connectivity index (χ1n) is 10.3. The van der Waals surface area contributed by atoms with Crippen LogP contribution in [0.4, 0.5) is 5.82 Å². The van der Waals surface area contributed by atoms with Gasteiger partial charge in [-0.3, -0.25) is 4.98 Å². The first-order valence-corrected chi connectivity index (χ1v) is 10.3. The number of fused-ring (bicyclic) bond motifs is 1. The van der Waals surface area contributed by atoms with Gasteiger partial charge in [-0.2, -0.15) is 0 Å². The lowest BCUT2D eigenvalue weighted by Crippen LogP contribution is -2.33. The van der Waals surface area contributed by atoms with Crippen molar-refractivity contribution in [1.82, 2.24) is 15.2 Å². The molecule has 5 rings (SSSR count). The third-order valence-corrected chi connectivity index (χ3v) is 5.90. The lowest BCUT2D eigenvalue weighted by molar-refractivity contribution is 0.436. The van der Waals surface area contributed by atoms with Gasteiger partial charge < -0.3 is 4.90 Å². The molecule has 29 heavy (non-hydrogen) atoms. The maximum absolute atomic E-state index is 4.71. The summed E-state index contributed by atoms with van der Waals surface area (Å²) in [6.45, 7) is 4.41. The number of pyridine rings is 1. The molecule has 0 unspecified atom stereocenters. The first kappa shape index (κ1) is 17.8. The Balaban J connectivity index is 1.62. The van der Waals surface area contributed by atoms with E-state index in [0.29, 0.717) is 0 Å². The monoisotopic (exact) mass is 380 g/mol. The van der Waals surface area contributed by atoms with E-state index < -0.39 is 0 Å². The molecule has 0 N–H and O–H groups in total. The summed E-state index contributed by atoms with van der Waals surface area (Å²) in [5.74, 6) is 1.75. The van der Waals surface area contributed by atoms with E-state index in [1.165, 1.54) is 23.6 Å². The van der Waals surface area contributed by atoms with E-state index in [0.717, 1.165) is 47.2 Å². The number of piperidine rings is 1. The Hall–Kier alpha value is -3.27. The Kier molecular flexibility index (Phi) is 4.68. The molecule has 2 aromatic carbocycles. The van der Waals surface area contributed by atoms with Crippen LogP contribution in [0.25, 0.3) is 33.2 Å². The Morgan fingerprint density at radius 3 is 2.34 bits per heavy atom. The molecule has 1 saturated heterocycles. The molecule has 0 saturated carbocycles. The van der Waals surface area contributed by atoms with Gasteiger partial charge in [0.2, 0.25) is 0 Å². The fourth-order valence-electron chi connectivity index (χ4n) is 4.08. The van der Waals surface area contributed by atoms with Gasteiger partial charge in [0, 0.05) is 36.6 Å². The number of rotatable bonds is 3. The molecular weight excluding hydrogens is 356 g/mol. The molecule has 4 heteroatoms. The zero-order valence-electron chi connectivity index (χ0n) is 16.6. The van der Waals surface area contributed by atoms with Crippen LogP contribution >= 0.6 is 0 Å². The summed E-state index contributed by atoms with van der Waals surface area (Å²) in [4.78, 5) is 6.55. The average Bonchev–Trinajstić information content (AvgIpc) is 2.79. The van der Waals surface area contributed by atoms with Gasteiger partial charge in [-0.05, 0) is 59.4 Å². The Bertz CT molecular complexity index is 1130. The quantitative estimate of drug-likeness (QED) is 0.464. The largest absolute Gasteiger partial charge is 0.355 e. The second-order valence-corrected chi connectivity index (χ2v) is 7.93. The number of hydrogen-bond donors (Lipinski definition) is 0. The van der Waals surface area contributed by atoms with Gasteiger partial charge in [0.1, 0.15) is 5.69 Å². The minimum absolute atomic E-state index is 0.788. The molecule has 144 valence electrons. The summed E-state index contributed by atoms with van der Waals surface area (Å²) >= 11 is 0. The van der Waals surface area contributed by atoms with Crippen LogP contribution in [0, 0.1) is 5.92 Å². The Morgan fingerprint density at radius 1 is 0.793 bits per heavy atom. The normalized spacial score (nSPS) is 15.0. The molecule has 2 aromatic heterocycles. The third kappa shape index (κ3) is 3.58. The van der Waals surface area contributed by atoms with Crippen molar-refractivity contribution in [3.8, 4) is 22.4 Å². The number of nitrogens with zero attached hydrogens (tertiary/aromatic N) is 4. The molecule has 0 spiro atoms. The highest BCUT2D eigenvalue weighted by Gasteiger charge is 2.20. The fraction of sp³-hybridized carbons (Fsp3) is 0.240. The van der Waals surface area contributed by atoms with E-state index in [2.05, 4.69) is 70.4 Å². The lowest BCUT2D eigenvalue weighted by atomic mass is 9.97. The fourth-order valence-corrected chi connectivity index (χ4v) is 4.08. The third-order valence-electron chi connectivity index (χ3n) is 5.90. The molecule has 0 amide bonds. The highest BCUT2D eigenvalue weighted by Crippen LogP contribution is 2.34. The molecule has 3 heterocycles. The molecule has 4 nitrogen and oxygen atoms in total. The predicted molar refractivity (Wildman–Crippen MR) is 119 cm³/mol. The van der Waals surface area contributed by atoms with Crippen LogP contribution in [0.1, 0.15) is 19.8 Å². The summed E-state index contributed by atoms with van der Waals surface area (Å²) in [6.07, 6.45) is 6.09. The first-order chi connectivity index (χ1) is 14.3. The zero-order valence-corrected chi connectivity index (χ0v) is 16.6. The van der Waals surface area contributed by atoms with Gasteiger partial charge in [0.15, 0.2) is 5.82 Å². The second-order valence-electron chi connectivity index (χ2n) is 7.93. The highest BCUT2D eigenvalue weighted by molar-refractivity contribution is 5.90. The molecule has 1 aliphatic rings. The maximum atomic E-state index is 4.71. The number of hydrogen-bond acceptors (Lipinski definition) is 4. The Labute approximate surface area is 171 Å². The number of aromatic nitrogens is 3. The molecule has 0 aliphatic carbocycles. The van der Waals surface area contributed by atoms with Crippen molar-refractivity contribution >= 4 is 16.6 Å². The molecule has 0 atom stereocenters. The SMILES string of the molecule is CC1CCN(c2cc(-c3ccncc3)c(-c3ccc4ccccc4c3)nn2)CC1. The van der Waals surface area contributed by atoms with E-state index in [4.69, 9.17) is 5.10 Å². The summed E-state index contributed by atoms with van der Waals surface area (Å²) < 4.78 is 0. The van der Waals surface area contributed by atoms with Crippen molar-refractivity contribution in [1.29, 1.82) is 0 Å². The number of anilines is 1. The number of benzene rings is 2. The molecular formula is C25H24N4. The Morgan fingerprint density at radius 2 is 1.55 bits per heavy atom. The highest BCUT2D eigenvalue weighted by atomic mass is 15.3. The van der Waals surface area contributed by atoms with Crippen molar-refractivity contribution in [3.05, 3.63) is 73.1 Å². The van der Waals surface area contributed by atoms with E-state index in [-0.39, 0.29) is 0 Å². The van der Waals surface area contributed by atoms with Crippen molar-refractivity contribution in [2.45, 2.75) is 19.8 Å². The van der Waals surface area contributed by atoms with E-state index in [1.807, 2.05) is 24.5 Å². The van der Waals surface area contributed by atoms with Gasteiger partial charge >= 0.3 is 0 Å². The maximum Gasteiger partial charge on any atom is 0.151 e. The van der Waals surface area contributed by atoms with E-state index >= 15 is 0 Å². The van der Waals surface area contributed by atoms with Crippen molar-refractivity contribution in [2.24, 2.45) is 5.92 Å². The van der Waals surface area contributed by atoms with Crippen LogP contribution in [0.15, 0.2) is 73.1 Å². The van der Waals surface area contributed by atoms with E-state index in [1.54, 1.807) is 0 Å². The summed E-state index contributed by atoms with van der Waals surface area (Å²) in [5.41, 5.74) is 4.22. The second kappa shape index (κ2) is 7.63. The topological polar surface area (TPSA) is 41.9 Å². The van der Waals surface area contributed by atoms with E-state index in [9.17, 15) is 0 Å². The molecule has 0 bridgehead atoms. The van der Waals surface area contributed by atoms with Crippen molar-refractivity contribution in [3.63, 3.8) is 0 Å². The van der Waals surface area contributed by atoms with Gasteiger partial charge in [-0.1, -0.05) is 43.3 Å². The van der Waals surface area contributed by atoms with Gasteiger partial charge in [0.05, 0.1) is 0 Å². The summed E-state index contributed by atoms with van der Waals surface area (Å²) in [7, 11) is 0.